The van der Waals surface area contributed by atoms with E-state index in [4.69, 9.17) is 33.7 Å². The first-order chi connectivity index (χ1) is 9.88. The number of nitro groups is 1. The fourth-order valence-electron chi connectivity index (χ4n) is 1.62. The van der Waals surface area contributed by atoms with Crippen molar-refractivity contribution in [2.24, 2.45) is 5.73 Å². The molecule has 0 aliphatic heterocycles. The molecule has 110 valence electrons. The standard InChI is InChI=1S/C13H11Cl2N3O3/c1-7(16)8-2-3-17-13(4-8)21-12-6-10(15)9(14)5-11(12)18(19)20/h2-7H,16H2,1H3. The molecule has 1 unspecified atom stereocenters. The first-order valence-electron chi connectivity index (χ1n) is 5.91. The van der Waals surface area contributed by atoms with Crippen molar-refractivity contribution < 1.29 is 9.66 Å². The van der Waals surface area contributed by atoms with E-state index < -0.39 is 4.92 Å². The Morgan fingerprint density at radius 3 is 2.62 bits per heavy atom. The Hall–Kier alpha value is -1.89. The van der Waals surface area contributed by atoms with Gasteiger partial charge in [0.2, 0.25) is 11.6 Å². The molecule has 0 aliphatic carbocycles. The van der Waals surface area contributed by atoms with Gasteiger partial charge in [0.1, 0.15) is 0 Å². The number of nitrogens with two attached hydrogens (primary N) is 1. The van der Waals surface area contributed by atoms with Crippen LogP contribution in [0.2, 0.25) is 10.0 Å². The molecule has 2 aromatic rings. The number of nitro benzene ring substituents is 1. The van der Waals surface area contributed by atoms with Crippen LogP contribution < -0.4 is 10.5 Å². The average Bonchev–Trinajstić information content (AvgIpc) is 2.42. The van der Waals surface area contributed by atoms with Gasteiger partial charge in [-0.2, -0.15) is 0 Å². The first-order valence-corrected chi connectivity index (χ1v) is 6.67. The van der Waals surface area contributed by atoms with Gasteiger partial charge in [-0.3, -0.25) is 10.1 Å². The van der Waals surface area contributed by atoms with Gasteiger partial charge >= 0.3 is 5.69 Å². The van der Waals surface area contributed by atoms with Crippen LogP contribution in [0.4, 0.5) is 5.69 Å². The van der Waals surface area contributed by atoms with Crippen LogP contribution in [0, 0.1) is 10.1 Å². The molecule has 6 nitrogen and oxygen atoms in total. The molecule has 1 heterocycles. The van der Waals surface area contributed by atoms with E-state index in [2.05, 4.69) is 4.98 Å². The first kappa shape index (κ1) is 15.5. The summed E-state index contributed by atoms with van der Waals surface area (Å²) in [4.78, 5) is 14.4. The number of pyridine rings is 1. The van der Waals surface area contributed by atoms with Crippen LogP contribution in [0.25, 0.3) is 0 Å². The van der Waals surface area contributed by atoms with Crippen LogP contribution in [0.5, 0.6) is 11.6 Å². The molecule has 21 heavy (non-hydrogen) atoms. The maximum absolute atomic E-state index is 11.0. The Morgan fingerprint density at radius 2 is 2.00 bits per heavy atom. The summed E-state index contributed by atoms with van der Waals surface area (Å²) in [5.41, 5.74) is 6.27. The highest BCUT2D eigenvalue weighted by molar-refractivity contribution is 6.42. The van der Waals surface area contributed by atoms with E-state index in [9.17, 15) is 10.1 Å². The highest BCUT2D eigenvalue weighted by Crippen LogP contribution is 2.37. The molecule has 0 saturated carbocycles. The van der Waals surface area contributed by atoms with E-state index in [0.717, 1.165) is 11.6 Å². The van der Waals surface area contributed by atoms with Gasteiger partial charge in [0.05, 0.1) is 15.0 Å². The monoisotopic (exact) mass is 327 g/mol. The molecule has 8 heteroatoms. The predicted octanol–water partition coefficient (Wildman–Crippen LogP) is 4.11. The topological polar surface area (TPSA) is 91.3 Å². The fraction of sp³-hybridized carbons (Fsp3) is 0.154. The SMILES string of the molecule is CC(N)c1ccnc(Oc2cc(Cl)c(Cl)cc2[N+](=O)[O-])c1. The lowest BCUT2D eigenvalue weighted by molar-refractivity contribution is -0.385. The molecule has 0 spiro atoms. The summed E-state index contributed by atoms with van der Waals surface area (Å²) in [6.07, 6.45) is 1.51. The number of benzene rings is 1. The van der Waals surface area contributed by atoms with Gasteiger partial charge in [0.15, 0.2) is 0 Å². The van der Waals surface area contributed by atoms with Gasteiger partial charge in [-0.15, -0.1) is 0 Å². The zero-order valence-corrected chi connectivity index (χ0v) is 12.4. The van der Waals surface area contributed by atoms with Gasteiger partial charge in [-0.25, -0.2) is 4.98 Å². The van der Waals surface area contributed by atoms with Crippen LogP contribution in [0.15, 0.2) is 30.5 Å². The van der Waals surface area contributed by atoms with Crippen LogP contribution in [-0.2, 0) is 0 Å². The summed E-state index contributed by atoms with van der Waals surface area (Å²) in [5.74, 6) is 0.148. The van der Waals surface area contributed by atoms with E-state index in [1.165, 1.54) is 12.3 Å². The Balaban J connectivity index is 2.41. The maximum Gasteiger partial charge on any atom is 0.313 e. The highest BCUT2D eigenvalue weighted by Gasteiger charge is 2.19. The third-order valence-corrected chi connectivity index (χ3v) is 3.42. The Kier molecular flexibility index (Phi) is 4.62. The lowest BCUT2D eigenvalue weighted by Crippen LogP contribution is -2.05. The normalized spacial score (nSPS) is 12.0. The molecule has 0 amide bonds. The van der Waals surface area contributed by atoms with Gasteiger partial charge in [0.25, 0.3) is 0 Å². The van der Waals surface area contributed by atoms with Crippen molar-refractivity contribution in [3.05, 3.63) is 56.2 Å². The van der Waals surface area contributed by atoms with Gasteiger partial charge < -0.3 is 10.5 Å². The minimum absolute atomic E-state index is 0.0382. The lowest BCUT2D eigenvalue weighted by atomic mass is 10.1. The van der Waals surface area contributed by atoms with E-state index in [0.29, 0.717) is 0 Å². The summed E-state index contributed by atoms with van der Waals surface area (Å²) in [7, 11) is 0. The number of hydrogen-bond donors (Lipinski definition) is 1. The van der Waals surface area contributed by atoms with Gasteiger partial charge in [-0.05, 0) is 18.6 Å². The van der Waals surface area contributed by atoms with Crippen LogP contribution >= 0.6 is 23.2 Å². The van der Waals surface area contributed by atoms with Crippen LogP contribution in [0.1, 0.15) is 18.5 Å². The number of nitrogens with zero attached hydrogens (tertiary/aromatic N) is 2. The third-order valence-electron chi connectivity index (χ3n) is 2.70. The maximum atomic E-state index is 11.0. The second-order valence-corrected chi connectivity index (χ2v) is 5.12. The van der Waals surface area contributed by atoms with Crippen molar-refractivity contribution in [2.45, 2.75) is 13.0 Å². The Morgan fingerprint density at radius 1 is 1.33 bits per heavy atom. The molecule has 1 aromatic carbocycles. The largest absolute Gasteiger partial charge is 0.432 e. The van der Waals surface area contributed by atoms with E-state index in [1.54, 1.807) is 19.1 Å². The summed E-state index contributed by atoms with van der Waals surface area (Å²) in [6.45, 7) is 1.81. The molecule has 0 bridgehead atoms. The summed E-state index contributed by atoms with van der Waals surface area (Å²) in [5, 5.41) is 11.3. The molecule has 2 rings (SSSR count). The van der Waals surface area contributed by atoms with Crippen molar-refractivity contribution in [3.8, 4) is 11.6 Å². The highest BCUT2D eigenvalue weighted by atomic mass is 35.5. The van der Waals surface area contributed by atoms with E-state index in [-0.39, 0.29) is 33.4 Å². The van der Waals surface area contributed by atoms with Crippen LogP contribution in [-0.4, -0.2) is 9.91 Å². The van der Waals surface area contributed by atoms with Crippen molar-refractivity contribution in [3.63, 3.8) is 0 Å². The molecule has 0 radical (unpaired) electrons. The molecule has 1 aromatic heterocycles. The summed E-state index contributed by atoms with van der Waals surface area (Å²) in [6, 6.07) is 5.55. The Labute approximate surface area is 130 Å². The van der Waals surface area contributed by atoms with Crippen molar-refractivity contribution >= 4 is 28.9 Å². The smallest absolute Gasteiger partial charge is 0.313 e. The fourth-order valence-corrected chi connectivity index (χ4v) is 1.93. The molecule has 0 aliphatic rings. The third kappa shape index (κ3) is 3.60. The molecule has 1 atom stereocenters. The number of ether oxygens (including phenoxy) is 1. The van der Waals surface area contributed by atoms with Gasteiger partial charge in [0, 0.05) is 30.4 Å². The zero-order chi connectivity index (χ0) is 15.6. The molecule has 0 saturated heterocycles. The van der Waals surface area contributed by atoms with Crippen molar-refractivity contribution in [2.75, 3.05) is 0 Å². The minimum Gasteiger partial charge on any atom is -0.432 e. The Bertz CT molecular complexity index is 692. The minimum atomic E-state index is -0.604. The van der Waals surface area contributed by atoms with E-state index >= 15 is 0 Å². The molecular formula is C13H11Cl2N3O3. The summed E-state index contributed by atoms with van der Waals surface area (Å²) >= 11 is 11.6. The number of halogens is 2. The molecule has 0 fully saturated rings. The lowest BCUT2D eigenvalue weighted by Gasteiger charge is -2.09. The zero-order valence-electron chi connectivity index (χ0n) is 10.9. The van der Waals surface area contributed by atoms with Crippen molar-refractivity contribution in [1.29, 1.82) is 0 Å². The summed E-state index contributed by atoms with van der Waals surface area (Å²) < 4.78 is 5.45. The number of rotatable bonds is 4. The van der Waals surface area contributed by atoms with Gasteiger partial charge in [-0.1, -0.05) is 23.2 Å². The van der Waals surface area contributed by atoms with Crippen molar-refractivity contribution in [1.82, 2.24) is 4.98 Å². The van der Waals surface area contributed by atoms with E-state index in [1.807, 2.05) is 0 Å². The molecule has 2 N–H and O–H groups in total. The second-order valence-electron chi connectivity index (χ2n) is 4.31. The number of aromatic nitrogens is 1. The molecular weight excluding hydrogens is 317 g/mol. The number of hydrogen-bond acceptors (Lipinski definition) is 5. The second kappa shape index (κ2) is 6.26. The quantitative estimate of drug-likeness (QED) is 0.673. The predicted molar refractivity (Wildman–Crippen MR) is 80.0 cm³/mol. The van der Waals surface area contributed by atoms with Crippen LogP contribution in [0.3, 0.4) is 0 Å². The average molecular weight is 328 g/mol.